The van der Waals surface area contributed by atoms with Crippen LogP contribution < -0.4 is 4.90 Å². The molecule has 10 heteroatoms. The summed E-state index contributed by atoms with van der Waals surface area (Å²) >= 11 is 6.15. The summed E-state index contributed by atoms with van der Waals surface area (Å²) in [7, 11) is 0. The molecule has 2 heterocycles. The Kier molecular flexibility index (Phi) is 9.70. The molecule has 1 amide bonds. The molecule has 2 aromatic carbocycles. The number of nitrogens with zero attached hydrogens (tertiary/aromatic N) is 4. The monoisotopic (exact) mass is 602 g/mol. The number of rotatable bonds is 7. The van der Waals surface area contributed by atoms with Crippen LogP contribution in [-0.4, -0.2) is 44.7 Å². The van der Waals surface area contributed by atoms with Crippen LogP contribution in [0.1, 0.15) is 69.2 Å². The van der Waals surface area contributed by atoms with Crippen LogP contribution >= 0.6 is 11.6 Å². The molecule has 1 aliphatic heterocycles. The maximum atomic E-state index is 13.7. The van der Waals surface area contributed by atoms with Crippen LogP contribution in [0.4, 0.5) is 23.9 Å². The van der Waals surface area contributed by atoms with E-state index in [1.807, 2.05) is 74.8 Å². The van der Waals surface area contributed by atoms with Gasteiger partial charge >= 0.3 is 12.3 Å². The lowest BCUT2D eigenvalue weighted by atomic mass is 9.86. The Hall–Kier alpha value is -3.33. The second-order valence-electron chi connectivity index (χ2n) is 12.0. The number of piperidine rings is 1. The van der Waals surface area contributed by atoms with Crippen LogP contribution in [0.5, 0.6) is 0 Å². The van der Waals surface area contributed by atoms with Crippen molar-refractivity contribution in [2.24, 2.45) is 0 Å². The third-order valence-corrected chi connectivity index (χ3v) is 7.59. The molecule has 1 aliphatic rings. The summed E-state index contributed by atoms with van der Waals surface area (Å²) in [4.78, 5) is 26.5. The zero-order chi connectivity index (χ0) is 30.7. The first-order chi connectivity index (χ1) is 19.7. The van der Waals surface area contributed by atoms with Gasteiger partial charge in [0.05, 0.1) is 5.56 Å². The summed E-state index contributed by atoms with van der Waals surface area (Å²) in [6, 6.07) is 13.0. The van der Waals surface area contributed by atoms with Crippen molar-refractivity contribution in [3.8, 4) is 0 Å². The number of anilines is 1. The fraction of sp³-hybridized carbons (Fsp3) is 0.469. The summed E-state index contributed by atoms with van der Waals surface area (Å²) < 4.78 is 46.8. The number of amides is 1. The Labute approximate surface area is 250 Å². The summed E-state index contributed by atoms with van der Waals surface area (Å²) in [6.45, 7) is 9.58. The van der Waals surface area contributed by atoms with Crippen LogP contribution in [0, 0.1) is 6.92 Å². The predicted octanol–water partition coefficient (Wildman–Crippen LogP) is 8.25. The first-order valence-corrected chi connectivity index (χ1v) is 14.6. The van der Waals surface area contributed by atoms with Crippen molar-refractivity contribution >= 4 is 23.6 Å². The van der Waals surface area contributed by atoms with Crippen LogP contribution in [0.15, 0.2) is 60.9 Å². The van der Waals surface area contributed by atoms with Gasteiger partial charge in [0.1, 0.15) is 5.60 Å². The van der Waals surface area contributed by atoms with Gasteiger partial charge in [-0.15, -0.1) is 0 Å². The minimum atomic E-state index is -4.53. The highest BCUT2D eigenvalue weighted by molar-refractivity contribution is 6.30. The molecule has 226 valence electrons. The van der Waals surface area contributed by atoms with Crippen LogP contribution in [0.3, 0.4) is 0 Å². The maximum absolute atomic E-state index is 13.7. The van der Waals surface area contributed by atoms with Gasteiger partial charge in [-0.25, -0.2) is 14.8 Å². The van der Waals surface area contributed by atoms with Crippen LogP contribution in [0.2, 0.25) is 5.02 Å². The molecule has 1 fully saturated rings. The zero-order valence-corrected chi connectivity index (χ0v) is 25.4. The van der Waals surface area contributed by atoms with Gasteiger partial charge in [-0.05, 0) is 88.3 Å². The second kappa shape index (κ2) is 12.9. The lowest BCUT2D eigenvalue weighted by molar-refractivity contribution is -0.137. The number of hydrogen-bond acceptors (Lipinski definition) is 5. The quantitative estimate of drug-likeness (QED) is 0.272. The van der Waals surface area contributed by atoms with Crippen molar-refractivity contribution in [2.75, 3.05) is 4.90 Å². The van der Waals surface area contributed by atoms with E-state index in [0.29, 0.717) is 37.2 Å². The number of halogens is 4. The SMILES string of the molecule is CC[C@@H]1C[C@H](N(Cc2cc(Cl)cc(C(F)(F)F)c2)c2ncc(C)cn2)C[C@H](Cc2ccccc2)N1C(=O)OC(C)(C)C. The third kappa shape index (κ3) is 8.15. The Morgan fingerprint density at radius 1 is 1.02 bits per heavy atom. The van der Waals surface area contributed by atoms with E-state index in [2.05, 4.69) is 9.97 Å². The molecule has 3 atom stereocenters. The summed E-state index contributed by atoms with van der Waals surface area (Å²) in [6.07, 6.45) is 0.907. The molecule has 0 spiro atoms. The minimum absolute atomic E-state index is 0.0118. The standard InChI is InChI=1S/C32H38ClF3N4O2/c1-6-26-16-27(17-28(14-22-10-8-7-9-11-22)40(26)30(41)42-31(3,4)5)39(29-37-18-21(2)19-38-29)20-23-12-24(32(34,35)36)15-25(33)13-23/h7-13,15,18-19,26-28H,6,14,16-17,20H2,1-5H3/t26-,27+,28+/m1/s1. The minimum Gasteiger partial charge on any atom is -0.444 e. The van der Waals surface area contributed by atoms with Gasteiger partial charge in [-0.3, -0.25) is 0 Å². The summed E-state index contributed by atoms with van der Waals surface area (Å²) in [5, 5.41) is 0.0118. The van der Waals surface area contributed by atoms with E-state index in [1.165, 1.54) is 0 Å². The Morgan fingerprint density at radius 2 is 1.67 bits per heavy atom. The van der Waals surface area contributed by atoms with Gasteiger partial charge in [0.25, 0.3) is 0 Å². The number of aryl methyl sites for hydroxylation is 1. The third-order valence-electron chi connectivity index (χ3n) is 7.37. The van der Waals surface area contributed by atoms with Crippen molar-refractivity contribution in [1.82, 2.24) is 14.9 Å². The fourth-order valence-corrected chi connectivity index (χ4v) is 5.81. The van der Waals surface area contributed by atoms with Gasteiger partial charge in [0.15, 0.2) is 0 Å². The van der Waals surface area contributed by atoms with Gasteiger partial charge in [0.2, 0.25) is 5.95 Å². The van der Waals surface area contributed by atoms with Gasteiger partial charge < -0.3 is 14.5 Å². The average Bonchev–Trinajstić information content (AvgIpc) is 2.90. The fourth-order valence-electron chi connectivity index (χ4n) is 5.55. The molecule has 0 saturated carbocycles. The zero-order valence-electron chi connectivity index (χ0n) is 24.7. The van der Waals surface area contributed by atoms with E-state index in [0.717, 1.165) is 23.3 Å². The van der Waals surface area contributed by atoms with Gasteiger partial charge in [-0.2, -0.15) is 13.2 Å². The summed E-state index contributed by atoms with van der Waals surface area (Å²) in [5.41, 5.74) is 0.890. The van der Waals surface area contributed by atoms with Gasteiger partial charge in [-0.1, -0.05) is 48.9 Å². The highest BCUT2D eigenvalue weighted by atomic mass is 35.5. The van der Waals surface area contributed by atoms with Crippen molar-refractivity contribution < 1.29 is 22.7 Å². The number of ether oxygens (including phenoxy) is 1. The Bertz CT molecular complexity index is 1350. The molecule has 1 saturated heterocycles. The van der Waals surface area contributed by atoms with Gasteiger partial charge in [0, 0.05) is 42.1 Å². The molecule has 42 heavy (non-hydrogen) atoms. The number of hydrogen-bond donors (Lipinski definition) is 0. The lowest BCUT2D eigenvalue weighted by Gasteiger charge is -2.48. The highest BCUT2D eigenvalue weighted by Gasteiger charge is 2.42. The molecule has 4 rings (SSSR count). The van der Waals surface area contributed by atoms with E-state index >= 15 is 0 Å². The van der Waals surface area contributed by atoms with E-state index in [-0.39, 0.29) is 35.8 Å². The molecule has 3 aromatic rings. The van der Waals surface area contributed by atoms with Crippen molar-refractivity contribution in [2.45, 2.75) is 96.7 Å². The number of carbonyl (C=O) groups excluding carboxylic acids is 1. The lowest BCUT2D eigenvalue weighted by Crippen LogP contribution is -2.58. The van der Waals surface area contributed by atoms with E-state index < -0.39 is 17.3 Å². The molecule has 6 nitrogen and oxygen atoms in total. The molecule has 0 bridgehead atoms. The molecule has 1 aromatic heterocycles. The van der Waals surface area contributed by atoms with E-state index in [9.17, 15) is 18.0 Å². The maximum Gasteiger partial charge on any atom is 0.416 e. The number of aromatic nitrogens is 2. The molecular weight excluding hydrogens is 565 g/mol. The van der Waals surface area contributed by atoms with E-state index in [4.69, 9.17) is 16.3 Å². The Balaban J connectivity index is 1.74. The van der Waals surface area contributed by atoms with Crippen LogP contribution in [-0.2, 0) is 23.9 Å². The molecule has 0 radical (unpaired) electrons. The number of benzene rings is 2. The molecule has 0 unspecified atom stereocenters. The normalized spacial score (nSPS) is 19.5. The second-order valence-corrected chi connectivity index (χ2v) is 12.4. The number of likely N-dealkylation sites (tertiary alicyclic amines) is 1. The molecule has 0 N–H and O–H groups in total. The topological polar surface area (TPSA) is 58.6 Å². The van der Waals surface area contributed by atoms with Crippen molar-refractivity contribution in [1.29, 1.82) is 0 Å². The van der Waals surface area contributed by atoms with Crippen molar-refractivity contribution in [3.05, 3.63) is 88.2 Å². The van der Waals surface area contributed by atoms with E-state index in [1.54, 1.807) is 18.5 Å². The average molecular weight is 603 g/mol. The van der Waals surface area contributed by atoms with Crippen LogP contribution in [0.25, 0.3) is 0 Å². The first kappa shape index (κ1) is 31.6. The predicted molar refractivity (Wildman–Crippen MR) is 159 cm³/mol. The smallest absolute Gasteiger partial charge is 0.416 e. The molecule has 0 aliphatic carbocycles. The first-order valence-electron chi connectivity index (χ1n) is 14.2. The Morgan fingerprint density at radius 3 is 2.26 bits per heavy atom. The number of alkyl halides is 3. The van der Waals surface area contributed by atoms with Crippen molar-refractivity contribution in [3.63, 3.8) is 0 Å². The molecular formula is C32H38ClF3N4O2. The largest absolute Gasteiger partial charge is 0.444 e. The highest BCUT2D eigenvalue weighted by Crippen LogP contribution is 2.36. The summed E-state index contributed by atoms with van der Waals surface area (Å²) in [5.74, 6) is 0.415. The number of carbonyl (C=O) groups is 1.